The van der Waals surface area contributed by atoms with Crippen LogP contribution in [0.25, 0.3) is 5.65 Å². The molecular formula is C15H18N4O4. The summed E-state index contributed by atoms with van der Waals surface area (Å²) < 4.78 is 1.62. The van der Waals surface area contributed by atoms with E-state index in [2.05, 4.69) is 10.3 Å². The number of fused-ring (bicyclic) bond motifs is 1. The number of nitrogens with one attached hydrogen (secondary N) is 1. The van der Waals surface area contributed by atoms with Gasteiger partial charge in [-0.15, -0.1) is 0 Å². The van der Waals surface area contributed by atoms with Crippen molar-refractivity contribution in [1.29, 1.82) is 0 Å². The fourth-order valence-electron chi connectivity index (χ4n) is 2.36. The largest absolute Gasteiger partial charge is 0.480 e. The van der Waals surface area contributed by atoms with Crippen molar-refractivity contribution in [3.63, 3.8) is 0 Å². The molecule has 0 saturated heterocycles. The van der Waals surface area contributed by atoms with Crippen LogP contribution in [0.4, 0.5) is 0 Å². The third-order valence-corrected chi connectivity index (χ3v) is 3.52. The van der Waals surface area contributed by atoms with Crippen molar-refractivity contribution < 1.29 is 19.5 Å². The minimum Gasteiger partial charge on any atom is -0.480 e. The van der Waals surface area contributed by atoms with Crippen molar-refractivity contribution in [2.75, 3.05) is 0 Å². The van der Waals surface area contributed by atoms with Gasteiger partial charge in [0.2, 0.25) is 5.91 Å². The Kier molecular flexibility index (Phi) is 4.63. The molecule has 0 aliphatic rings. The lowest BCUT2D eigenvalue weighted by molar-refractivity contribution is -0.139. The second-order valence-electron chi connectivity index (χ2n) is 5.30. The van der Waals surface area contributed by atoms with Crippen molar-refractivity contribution in [3.05, 3.63) is 35.3 Å². The first kappa shape index (κ1) is 16.5. The van der Waals surface area contributed by atoms with Gasteiger partial charge in [0.15, 0.2) is 0 Å². The summed E-state index contributed by atoms with van der Waals surface area (Å²) in [6, 6.07) is 2.46. The Morgan fingerprint density at radius 3 is 2.70 bits per heavy atom. The summed E-state index contributed by atoms with van der Waals surface area (Å²) in [6.07, 6.45) is 1.50. The molecule has 0 aliphatic heterocycles. The first-order chi connectivity index (χ1) is 10.8. The minimum absolute atomic E-state index is 0.0643. The number of amides is 2. The standard InChI is InChI=1S/C15H18N4O4/c1-8-4-3-7-19-12(9(2)17-13(8)19)14(21)18-10(15(22)23)5-6-11(16)20/h3-4,7,10H,5-6H2,1-2H3,(H2,16,20)(H,18,21)(H,22,23). The van der Waals surface area contributed by atoms with E-state index in [1.54, 1.807) is 23.6 Å². The van der Waals surface area contributed by atoms with Crippen LogP contribution in [0.3, 0.4) is 0 Å². The molecule has 0 saturated carbocycles. The van der Waals surface area contributed by atoms with Crippen molar-refractivity contribution in [2.45, 2.75) is 32.7 Å². The maximum absolute atomic E-state index is 12.5. The molecule has 8 heteroatoms. The Labute approximate surface area is 132 Å². The molecule has 23 heavy (non-hydrogen) atoms. The van der Waals surface area contributed by atoms with Gasteiger partial charge in [-0.25, -0.2) is 9.78 Å². The van der Waals surface area contributed by atoms with Crippen molar-refractivity contribution >= 4 is 23.4 Å². The van der Waals surface area contributed by atoms with E-state index in [1.165, 1.54) is 0 Å². The molecule has 1 atom stereocenters. The van der Waals surface area contributed by atoms with Crippen molar-refractivity contribution in [2.24, 2.45) is 5.73 Å². The molecule has 0 aromatic carbocycles. The molecule has 0 bridgehead atoms. The van der Waals surface area contributed by atoms with Gasteiger partial charge in [0.1, 0.15) is 17.4 Å². The average molecular weight is 318 g/mol. The third kappa shape index (κ3) is 3.47. The first-order valence-electron chi connectivity index (χ1n) is 7.07. The fraction of sp³-hybridized carbons (Fsp3) is 0.333. The second kappa shape index (κ2) is 6.47. The number of rotatable bonds is 6. The van der Waals surface area contributed by atoms with Crippen LogP contribution < -0.4 is 11.1 Å². The number of carbonyl (C=O) groups excluding carboxylic acids is 2. The molecule has 2 aromatic heterocycles. The molecule has 0 radical (unpaired) electrons. The predicted octanol–water partition coefficient (Wildman–Crippen LogP) is 0.400. The maximum Gasteiger partial charge on any atom is 0.326 e. The molecular weight excluding hydrogens is 300 g/mol. The smallest absolute Gasteiger partial charge is 0.326 e. The molecule has 122 valence electrons. The lowest BCUT2D eigenvalue weighted by atomic mass is 10.1. The zero-order chi connectivity index (χ0) is 17.1. The van der Waals surface area contributed by atoms with Gasteiger partial charge in [0, 0.05) is 12.6 Å². The van der Waals surface area contributed by atoms with Crippen LogP contribution >= 0.6 is 0 Å². The number of pyridine rings is 1. The zero-order valence-electron chi connectivity index (χ0n) is 12.9. The molecule has 2 amide bonds. The zero-order valence-corrected chi connectivity index (χ0v) is 12.9. The summed E-state index contributed by atoms with van der Waals surface area (Å²) >= 11 is 0. The molecule has 0 fully saturated rings. The van der Waals surface area contributed by atoms with Gasteiger partial charge >= 0.3 is 5.97 Å². The van der Waals surface area contributed by atoms with Gasteiger partial charge in [-0.1, -0.05) is 6.07 Å². The number of carboxylic acid groups (broad SMARTS) is 1. The number of nitrogens with zero attached hydrogens (tertiary/aromatic N) is 2. The van der Waals surface area contributed by atoms with Gasteiger partial charge in [0.25, 0.3) is 5.91 Å². The normalized spacial score (nSPS) is 12.1. The molecule has 4 N–H and O–H groups in total. The Balaban J connectivity index is 2.29. The highest BCUT2D eigenvalue weighted by Crippen LogP contribution is 2.15. The fourth-order valence-corrected chi connectivity index (χ4v) is 2.36. The summed E-state index contributed by atoms with van der Waals surface area (Å²) in [7, 11) is 0. The number of carboxylic acids is 1. The summed E-state index contributed by atoms with van der Waals surface area (Å²) in [4.78, 5) is 38.8. The quantitative estimate of drug-likeness (QED) is 0.710. The molecule has 1 unspecified atom stereocenters. The van der Waals surface area contributed by atoms with E-state index in [0.717, 1.165) is 5.56 Å². The third-order valence-electron chi connectivity index (χ3n) is 3.52. The molecule has 2 aromatic rings. The molecule has 2 heterocycles. The Morgan fingerprint density at radius 2 is 2.09 bits per heavy atom. The number of carbonyl (C=O) groups is 3. The van der Waals surface area contributed by atoms with Crippen LogP contribution in [-0.4, -0.2) is 38.3 Å². The lowest BCUT2D eigenvalue weighted by Gasteiger charge is -2.14. The van der Waals surface area contributed by atoms with E-state index < -0.39 is 23.8 Å². The molecule has 8 nitrogen and oxygen atoms in total. The van der Waals surface area contributed by atoms with Crippen LogP contribution in [0.5, 0.6) is 0 Å². The van der Waals surface area contributed by atoms with E-state index in [-0.39, 0.29) is 18.5 Å². The van der Waals surface area contributed by atoms with Crippen LogP contribution in [-0.2, 0) is 9.59 Å². The van der Waals surface area contributed by atoms with Gasteiger partial charge in [-0.05, 0) is 31.9 Å². The van der Waals surface area contributed by atoms with Crippen LogP contribution in [0.15, 0.2) is 18.3 Å². The monoisotopic (exact) mass is 318 g/mol. The second-order valence-corrected chi connectivity index (χ2v) is 5.30. The molecule has 0 spiro atoms. The van der Waals surface area contributed by atoms with Gasteiger partial charge in [0.05, 0.1) is 5.69 Å². The van der Waals surface area contributed by atoms with E-state index >= 15 is 0 Å². The average Bonchev–Trinajstić information content (AvgIpc) is 2.80. The minimum atomic E-state index is -1.22. The van der Waals surface area contributed by atoms with E-state index in [1.807, 2.05) is 13.0 Å². The van der Waals surface area contributed by atoms with Crippen LogP contribution in [0.2, 0.25) is 0 Å². The van der Waals surface area contributed by atoms with Crippen LogP contribution in [0, 0.1) is 13.8 Å². The summed E-state index contributed by atoms with van der Waals surface area (Å²) in [6.45, 7) is 3.55. The lowest BCUT2D eigenvalue weighted by Crippen LogP contribution is -2.42. The number of hydrogen-bond acceptors (Lipinski definition) is 4. The Bertz CT molecular complexity index is 781. The maximum atomic E-state index is 12.5. The summed E-state index contributed by atoms with van der Waals surface area (Å²) in [5, 5.41) is 11.6. The van der Waals surface area contributed by atoms with Crippen LogP contribution in [0.1, 0.15) is 34.6 Å². The molecule has 0 aliphatic carbocycles. The Morgan fingerprint density at radius 1 is 1.39 bits per heavy atom. The summed E-state index contributed by atoms with van der Waals surface area (Å²) in [5.41, 5.74) is 7.33. The van der Waals surface area contributed by atoms with E-state index in [4.69, 9.17) is 10.8 Å². The highest BCUT2D eigenvalue weighted by molar-refractivity contribution is 5.97. The summed E-state index contributed by atoms with van der Waals surface area (Å²) in [5.74, 6) is -2.40. The number of aromatic nitrogens is 2. The number of primary amides is 1. The SMILES string of the molecule is Cc1nc2c(C)cccn2c1C(=O)NC(CCC(N)=O)C(=O)O. The number of aryl methyl sites for hydroxylation is 2. The number of imidazole rings is 1. The van der Waals surface area contributed by atoms with Gasteiger partial charge < -0.3 is 16.2 Å². The number of hydrogen-bond donors (Lipinski definition) is 3. The highest BCUT2D eigenvalue weighted by Gasteiger charge is 2.24. The highest BCUT2D eigenvalue weighted by atomic mass is 16.4. The number of aliphatic carboxylic acids is 1. The van der Waals surface area contributed by atoms with E-state index in [0.29, 0.717) is 11.3 Å². The van der Waals surface area contributed by atoms with Crippen molar-refractivity contribution in [1.82, 2.24) is 14.7 Å². The van der Waals surface area contributed by atoms with E-state index in [9.17, 15) is 14.4 Å². The first-order valence-corrected chi connectivity index (χ1v) is 7.07. The number of nitrogens with two attached hydrogens (primary N) is 1. The molecule has 2 rings (SSSR count). The van der Waals surface area contributed by atoms with Gasteiger partial charge in [-0.2, -0.15) is 0 Å². The predicted molar refractivity (Wildman–Crippen MR) is 82.0 cm³/mol. The van der Waals surface area contributed by atoms with Crippen molar-refractivity contribution in [3.8, 4) is 0 Å². The van der Waals surface area contributed by atoms with Gasteiger partial charge in [-0.3, -0.25) is 14.0 Å². The Hall–Kier alpha value is -2.90. The topological polar surface area (TPSA) is 127 Å².